The molecule has 2 rings (SSSR count). The molecule has 2 nitrogen and oxygen atoms in total. The van der Waals surface area contributed by atoms with Gasteiger partial charge >= 0.3 is 0 Å². The lowest BCUT2D eigenvalue weighted by molar-refractivity contribution is 0.0938. The second-order valence-electron chi connectivity index (χ2n) is 4.47. The van der Waals surface area contributed by atoms with E-state index in [1.54, 1.807) is 6.07 Å². The molecule has 0 saturated heterocycles. The van der Waals surface area contributed by atoms with E-state index in [2.05, 4.69) is 5.32 Å². The summed E-state index contributed by atoms with van der Waals surface area (Å²) in [5, 5.41) is 3.67. The summed E-state index contributed by atoms with van der Waals surface area (Å²) in [6.45, 7) is 1.94. The third kappa shape index (κ3) is 2.76. The minimum atomic E-state index is -0.00231. The van der Waals surface area contributed by atoms with Crippen LogP contribution in [0.2, 0.25) is 5.02 Å². The molecule has 1 aromatic rings. The van der Waals surface area contributed by atoms with Gasteiger partial charge in [-0.3, -0.25) is 4.79 Å². The van der Waals surface area contributed by atoms with Crippen molar-refractivity contribution in [3.8, 4) is 0 Å². The number of hydrogen-bond donors (Lipinski definition) is 1. The van der Waals surface area contributed by atoms with Gasteiger partial charge in [0.25, 0.3) is 5.91 Å². The van der Waals surface area contributed by atoms with Crippen LogP contribution in [0.5, 0.6) is 0 Å². The van der Waals surface area contributed by atoms with Crippen molar-refractivity contribution in [1.29, 1.82) is 0 Å². The van der Waals surface area contributed by atoms with Crippen LogP contribution in [-0.4, -0.2) is 11.9 Å². The van der Waals surface area contributed by atoms with E-state index in [-0.39, 0.29) is 5.91 Å². The van der Waals surface area contributed by atoms with Crippen LogP contribution in [0.3, 0.4) is 0 Å². The van der Waals surface area contributed by atoms with Crippen molar-refractivity contribution in [1.82, 2.24) is 5.32 Å². The fourth-order valence-corrected chi connectivity index (χ4v) is 2.50. The van der Waals surface area contributed by atoms with E-state index in [0.29, 0.717) is 16.6 Å². The normalized spacial score (nSPS) is 16.4. The molecule has 16 heavy (non-hydrogen) atoms. The van der Waals surface area contributed by atoms with Crippen LogP contribution in [0.15, 0.2) is 18.2 Å². The van der Waals surface area contributed by atoms with E-state index in [9.17, 15) is 4.79 Å². The predicted octanol–water partition coefficient (Wildman–Crippen LogP) is 3.32. The van der Waals surface area contributed by atoms with Crippen molar-refractivity contribution in [3.05, 3.63) is 34.3 Å². The molecule has 1 fully saturated rings. The average Bonchev–Trinajstić information content (AvgIpc) is 2.68. The summed E-state index contributed by atoms with van der Waals surface area (Å²) in [6.07, 6.45) is 4.65. The maximum Gasteiger partial charge on any atom is 0.251 e. The second kappa shape index (κ2) is 4.88. The molecule has 3 heteroatoms. The Morgan fingerprint density at radius 2 is 2.00 bits per heavy atom. The van der Waals surface area contributed by atoms with Gasteiger partial charge in [-0.25, -0.2) is 0 Å². The predicted molar refractivity (Wildman–Crippen MR) is 65.9 cm³/mol. The first-order valence-electron chi connectivity index (χ1n) is 5.73. The quantitative estimate of drug-likeness (QED) is 0.840. The SMILES string of the molecule is Cc1cc(Cl)cc(C(=O)NC2CCCC2)c1. The molecule has 0 unspecified atom stereocenters. The van der Waals surface area contributed by atoms with Gasteiger partial charge in [0.15, 0.2) is 0 Å². The Morgan fingerprint density at radius 3 is 2.62 bits per heavy atom. The highest BCUT2D eigenvalue weighted by molar-refractivity contribution is 6.31. The van der Waals surface area contributed by atoms with Crippen LogP contribution < -0.4 is 5.32 Å². The molecule has 1 N–H and O–H groups in total. The van der Waals surface area contributed by atoms with Crippen LogP contribution in [0.25, 0.3) is 0 Å². The average molecular weight is 238 g/mol. The molecular weight excluding hydrogens is 222 g/mol. The standard InChI is InChI=1S/C13H16ClNO/c1-9-6-10(8-11(14)7-9)13(16)15-12-4-2-3-5-12/h6-8,12H,2-5H2,1H3,(H,15,16). The first-order valence-corrected chi connectivity index (χ1v) is 6.11. The van der Waals surface area contributed by atoms with Crippen LogP contribution in [0, 0.1) is 6.92 Å². The van der Waals surface area contributed by atoms with E-state index < -0.39 is 0 Å². The highest BCUT2D eigenvalue weighted by Gasteiger charge is 2.18. The molecule has 0 heterocycles. The monoisotopic (exact) mass is 237 g/mol. The van der Waals surface area contributed by atoms with Crippen LogP contribution >= 0.6 is 11.6 Å². The molecular formula is C13H16ClNO. The summed E-state index contributed by atoms with van der Waals surface area (Å²) in [5.41, 5.74) is 1.68. The Kier molecular flexibility index (Phi) is 3.49. The van der Waals surface area contributed by atoms with Gasteiger partial charge in [0.2, 0.25) is 0 Å². The number of nitrogens with one attached hydrogen (secondary N) is 1. The van der Waals surface area contributed by atoms with Gasteiger partial charge in [-0.15, -0.1) is 0 Å². The van der Waals surface area contributed by atoms with Gasteiger partial charge in [0.05, 0.1) is 0 Å². The van der Waals surface area contributed by atoms with Crippen LogP contribution in [-0.2, 0) is 0 Å². The lowest BCUT2D eigenvalue weighted by Gasteiger charge is -2.12. The summed E-state index contributed by atoms with van der Waals surface area (Å²) in [7, 11) is 0. The molecule has 1 aromatic carbocycles. The van der Waals surface area contributed by atoms with Gasteiger partial charge in [-0.2, -0.15) is 0 Å². The Morgan fingerprint density at radius 1 is 1.31 bits per heavy atom. The summed E-state index contributed by atoms with van der Waals surface area (Å²) in [5.74, 6) is -0.00231. The van der Waals surface area contributed by atoms with Crippen molar-refractivity contribution >= 4 is 17.5 Å². The number of hydrogen-bond acceptors (Lipinski definition) is 1. The summed E-state index contributed by atoms with van der Waals surface area (Å²) >= 11 is 5.93. The van der Waals surface area contributed by atoms with Crippen molar-refractivity contribution in [2.75, 3.05) is 0 Å². The third-order valence-electron chi connectivity index (χ3n) is 2.99. The molecule has 0 aromatic heterocycles. The number of carbonyl (C=O) groups excluding carboxylic acids is 1. The van der Waals surface area contributed by atoms with Gasteiger partial charge in [-0.1, -0.05) is 24.4 Å². The Labute approximate surface area is 101 Å². The minimum Gasteiger partial charge on any atom is -0.349 e. The van der Waals surface area contributed by atoms with Crippen molar-refractivity contribution in [3.63, 3.8) is 0 Å². The Bertz CT molecular complexity index is 377. The molecule has 0 bridgehead atoms. The lowest BCUT2D eigenvalue weighted by Crippen LogP contribution is -2.32. The van der Waals surface area contributed by atoms with Gasteiger partial charge in [0, 0.05) is 16.6 Å². The Hall–Kier alpha value is -1.02. The van der Waals surface area contributed by atoms with E-state index >= 15 is 0 Å². The molecule has 1 amide bonds. The smallest absolute Gasteiger partial charge is 0.251 e. The number of benzene rings is 1. The maximum absolute atomic E-state index is 11.9. The van der Waals surface area contributed by atoms with Crippen molar-refractivity contribution < 1.29 is 4.79 Å². The largest absolute Gasteiger partial charge is 0.349 e. The van der Waals surface area contributed by atoms with Crippen LogP contribution in [0.1, 0.15) is 41.6 Å². The Balaban J connectivity index is 2.07. The zero-order valence-corrected chi connectivity index (χ0v) is 10.2. The van der Waals surface area contributed by atoms with Crippen molar-refractivity contribution in [2.45, 2.75) is 38.6 Å². The molecule has 86 valence electrons. The first kappa shape index (κ1) is 11.5. The number of carbonyl (C=O) groups is 1. The lowest BCUT2D eigenvalue weighted by atomic mass is 10.1. The molecule has 0 atom stereocenters. The van der Waals surface area contributed by atoms with E-state index in [4.69, 9.17) is 11.6 Å². The molecule has 0 spiro atoms. The first-order chi connectivity index (χ1) is 7.65. The highest BCUT2D eigenvalue weighted by Crippen LogP contribution is 2.19. The van der Waals surface area contributed by atoms with Gasteiger partial charge in [0.1, 0.15) is 0 Å². The number of amides is 1. The fourth-order valence-electron chi connectivity index (χ4n) is 2.21. The van der Waals surface area contributed by atoms with E-state index in [1.165, 1.54) is 12.8 Å². The molecule has 0 radical (unpaired) electrons. The zero-order chi connectivity index (χ0) is 11.5. The van der Waals surface area contributed by atoms with Gasteiger partial charge < -0.3 is 5.32 Å². The molecule has 1 aliphatic rings. The van der Waals surface area contributed by atoms with E-state index in [1.807, 2.05) is 19.1 Å². The number of aryl methyl sites for hydroxylation is 1. The van der Waals surface area contributed by atoms with Crippen LogP contribution in [0.4, 0.5) is 0 Å². The third-order valence-corrected chi connectivity index (χ3v) is 3.21. The van der Waals surface area contributed by atoms with E-state index in [0.717, 1.165) is 18.4 Å². The summed E-state index contributed by atoms with van der Waals surface area (Å²) in [4.78, 5) is 11.9. The summed E-state index contributed by atoms with van der Waals surface area (Å²) < 4.78 is 0. The highest BCUT2D eigenvalue weighted by atomic mass is 35.5. The molecule has 1 aliphatic carbocycles. The topological polar surface area (TPSA) is 29.1 Å². The second-order valence-corrected chi connectivity index (χ2v) is 4.91. The molecule has 1 saturated carbocycles. The zero-order valence-electron chi connectivity index (χ0n) is 9.42. The summed E-state index contributed by atoms with van der Waals surface area (Å²) in [6, 6.07) is 5.80. The fraction of sp³-hybridized carbons (Fsp3) is 0.462. The minimum absolute atomic E-state index is 0.00231. The molecule has 0 aliphatic heterocycles. The number of halogens is 1. The van der Waals surface area contributed by atoms with Gasteiger partial charge in [-0.05, 0) is 43.5 Å². The van der Waals surface area contributed by atoms with Crippen molar-refractivity contribution in [2.24, 2.45) is 0 Å². The maximum atomic E-state index is 11.9. The number of rotatable bonds is 2.